The number of carbonyl (C=O) groups excluding carboxylic acids is 1. The highest BCUT2D eigenvalue weighted by Crippen LogP contribution is 2.34. The first-order valence-electron chi connectivity index (χ1n) is 9.38. The predicted molar refractivity (Wildman–Crippen MR) is 105 cm³/mol. The van der Waals surface area contributed by atoms with Crippen molar-refractivity contribution >= 4 is 11.6 Å². The van der Waals surface area contributed by atoms with Gasteiger partial charge in [-0.1, -0.05) is 12.1 Å². The Morgan fingerprint density at radius 3 is 2.96 bits per heavy atom. The Bertz CT molecular complexity index is 1190. The Kier molecular flexibility index (Phi) is 3.79. The third-order valence-electron chi connectivity index (χ3n) is 5.44. The van der Waals surface area contributed by atoms with Crippen molar-refractivity contribution in [3.63, 3.8) is 0 Å². The van der Waals surface area contributed by atoms with Crippen molar-refractivity contribution < 1.29 is 9.21 Å². The van der Waals surface area contributed by atoms with Crippen molar-refractivity contribution in [1.29, 1.82) is 0 Å². The lowest BCUT2D eigenvalue weighted by molar-refractivity contribution is 0.0938. The van der Waals surface area contributed by atoms with E-state index in [4.69, 9.17) is 4.42 Å². The lowest BCUT2D eigenvalue weighted by Gasteiger charge is -2.15. The Morgan fingerprint density at radius 2 is 2.14 bits per heavy atom. The van der Waals surface area contributed by atoms with Gasteiger partial charge in [-0.2, -0.15) is 0 Å². The minimum absolute atomic E-state index is 0.0183. The third kappa shape index (κ3) is 2.69. The van der Waals surface area contributed by atoms with E-state index < -0.39 is 0 Å². The number of aryl methyl sites for hydroxylation is 3. The van der Waals surface area contributed by atoms with Crippen LogP contribution in [0.15, 0.2) is 53.6 Å². The highest BCUT2D eigenvalue weighted by Gasteiger charge is 2.26. The number of hydrogen-bond donors (Lipinski definition) is 1. The van der Waals surface area contributed by atoms with E-state index in [0.29, 0.717) is 11.2 Å². The summed E-state index contributed by atoms with van der Waals surface area (Å²) >= 11 is 0. The number of aromatic nitrogens is 3. The molecule has 5 rings (SSSR count). The maximum Gasteiger partial charge on any atom is 0.255 e. The molecule has 140 valence electrons. The molecule has 0 bridgehead atoms. The van der Waals surface area contributed by atoms with E-state index >= 15 is 0 Å². The van der Waals surface area contributed by atoms with Crippen molar-refractivity contribution in [2.75, 3.05) is 0 Å². The highest BCUT2D eigenvalue weighted by atomic mass is 16.3. The van der Waals surface area contributed by atoms with Gasteiger partial charge in [0.15, 0.2) is 6.39 Å². The second-order valence-electron chi connectivity index (χ2n) is 7.31. The van der Waals surface area contributed by atoms with Crippen molar-refractivity contribution in [2.24, 2.45) is 0 Å². The van der Waals surface area contributed by atoms with E-state index in [9.17, 15) is 4.79 Å². The summed E-state index contributed by atoms with van der Waals surface area (Å²) in [6.07, 6.45) is 6.80. The molecule has 0 spiro atoms. The molecule has 1 unspecified atom stereocenters. The minimum atomic E-state index is -0.0929. The maximum absolute atomic E-state index is 13.0. The first kappa shape index (κ1) is 16.7. The molecule has 1 N–H and O–H groups in total. The van der Waals surface area contributed by atoms with Crippen LogP contribution in [-0.2, 0) is 6.42 Å². The molecule has 1 aromatic carbocycles. The Balaban J connectivity index is 1.46. The minimum Gasteiger partial charge on any atom is -0.451 e. The standard InChI is InChI=1S/C22H20N4O2/c1-13-9-14(2)26-8-7-17(21(26)24-13)22(27)25-19-6-5-15-3-4-16(10-18(15)19)20-11-28-12-23-20/h3-4,7-12,19H,5-6H2,1-2H3,(H,25,27). The largest absolute Gasteiger partial charge is 0.451 e. The number of hydrogen-bond acceptors (Lipinski definition) is 4. The topological polar surface area (TPSA) is 72.4 Å². The highest BCUT2D eigenvalue weighted by molar-refractivity contribution is 6.00. The van der Waals surface area contributed by atoms with Crippen molar-refractivity contribution in [2.45, 2.75) is 32.7 Å². The van der Waals surface area contributed by atoms with Gasteiger partial charge in [-0.05, 0) is 56.0 Å². The van der Waals surface area contributed by atoms with Crippen LogP contribution in [0.3, 0.4) is 0 Å². The Morgan fingerprint density at radius 1 is 1.25 bits per heavy atom. The number of carbonyl (C=O) groups is 1. The zero-order chi connectivity index (χ0) is 19.3. The molecule has 0 saturated carbocycles. The molecule has 4 aromatic rings. The zero-order valence-corrected chi connectivity index (χ0v) is 15.8. The van der Waals surface area contributed by atoms with E-state index in [1.165, 1.54) is 12.0 Å². The summed E-state index contributed by atoms with van der Waals surface area (Å²) < 4.78 is 7.05. The molecule has 1 amide bonds. The maximum atomic E-state index is 13.0. The summed E-state index contributed by atoms with van der Waals surface area (Å²) in [5.41, 5.74) is 7.48. The number of oxazole rings is 1. The molecule has 1 aliphatic carbocycles. The van der Waals surface area contributed by atoms with Crippen LogP contribution in [0.5, 0.6) is 0 Å². The van der Waals surface area contributed by atoms with Crippen LogP contribution in [0.2, 0.25) is 0 Å². The molecule has 3 heterocycles. The quantitative estimate of drug-likeness (QED) is 0.589. The van der Waals surface area contributed by atoms with Crippen LogP contribution in [0.25, 0.3) is 16.9 Å². The summed E-state index contributed by atoms with van der Waals surface area (Å²) in [6, 6.07) is 10.1. The average Bonchev–Trinajstić information content (AvgIpc) is 3.41. The lowest BCUT2D eigenvalue weighted by atomic mass is 10.0. The average molecular weight is 372 g/mol. The van der Waals surface area contributed by atoms with Crippen molar-refractivity contribution in [3.05, 3.63) is 77.3 Å². The number of rotatable bonds is 3. The summed E-state index contributed by atoms with van der Waals surface area (Å²) in [7, 11) is 0. The molecule has 1 atom stereocenters. The van der Waals surface area contributed by atoms with Crippen LogP contribution in [0, 0.1) is 13.8 Å². The molecule has 6 heteroatoms. The van der Waals surface area contributed by atoms with Crippen LogP contribution < -0.4 is 5.32 Å². The van der Waals surface area contributed by atoms with Crippen LogP contribution in [0.1, 0.15) is 45.3 Å². The normalized spacial score (nSPS) is 15.7. The fourth-order valence-electron chi connectivity index (χ4n) is 4.07. The van der Waals surface area contributed by atoms with Gasteiger partial charge in [-0.3, -0.25) is 4.79 Å². The smallest absolute Gasteiger partial charge is 0.255 e. The van der Waals surface area contributed by atoms with Crippen LogP contribution in [0.4, 0.5) is 0 Å². The molecule has 3 aromatic heterocycles. The first-order chi connectivity index (χ1) is 13.6. The number of benzene rings is 1. The summed E-state index contributed by atoms with van der Waals surface area (Å²) in [5, 5.41) is 3.20. The fourth-order valence-corrected chi connectivity index (χ4v) is 4.07. The summed E-state index contributed by atoms with van der Waals surface area (Å²) in [5.74, 6) is -0.0929. The Labute approximate surface area is 162 Å². The molecule has 6 nitrogen and oxygen atoms in total. The van der Waals surface area contributed by atoms with E-state index in [0.717, 1.165) is 41.1 Å². The van der Waals surface area contributed by atoms with E-state index in [-0.39, 0.29) is 11.9 Å². The van der Waals surface area contributed by atoms with Gasteiger partial charge in [0.2, 0.25) is 0 Å². The molecule has 28 heavy (non-hydrogen) atoms. The summed E-state index contributed by atoms with van der Waals surface area (Å²) in [6.45, 7) is 3.96. The van der Waals surface area contributed by atoms with E-state index in [2.05, 4.69) is 33.5 Å². The monoisotopic (exact) mass is 372 g/mol. The van der Waals surface area contributed by atoms with Crippen LogP contribution in [-0.4, -0.2) is 20.3 Å². The van der Waals surface area contributed by atoms with Gasteiger partial charge in [-0.15, -0.1) is 0 Å². The number of nitrogens with one attached hydrogen (secondary N) is 1. The fraction of sp³-hybridized carbons (Fsp3) is 0.227. The third-order valence-corrected chi connectivity index (χ3v) is 5.44. The molecule has 1 aliphatic rings. The molecular weight excluding hydrogens is 352 g/mol. The number of nitrogens with zero attached hydrogens (tertiary/aromatic N) is 3. The molecule has 0 fully saturated rings. The second-order valence-corrected chi connectivity index (χ2v) is 7.31. The molecular formula is C22H20N4O2. The molecule has 0 aliphatic heterocycles. The van der Waals surface area contributed by atoms with Gasteiger partial charge in [0.05, 0.1) is 11.6 Å². The molecule has 0 radical (unpaired) electrons. The van der Waals surface area contributed by atoms with Gasteiger partial charge < -0.3 is 14.1 Å². The SMILES string of the molecule is Cc1cc(C)n2ccc(C(=O)NC3CCc4ccc(-c5cocn5)cc43)c2n1. The van der Waals surface area contributed by atoms with E-state index in [1.54, 1.807) is 6.26 Å². The number of amides is 1. The lowest BCUT2D eigenvalue weighted by Crippen LogP contribution is -2.27. The first-order valence-corrected chi connectivity index (χ1v) is 9.38. The molecule has 0 saturated heterocycles. The Hall–Kier alpha value is -3.41. The van der Waals surface area contributed by atoms with E-state index in [1.807, 2.05) is 36.6 Å². The van der Waals surface area contributed by atoms with Gasteiger partial charge in [-0.25, -0.2) is 9.97 Å². The van der Waals surface area contributed by atoms with Crippen LogP contribution >= 0.6 is 0 Å². The van der Waals surface area contributed by atoms with Gasteiger partial charge in [0.25, 0.3) is 5.91 Å². The summed E-state index contributed by atoms with van der Waals surface area (Å²) in [4.78, 5) is 21.8. The van der Waals surface area contributed by atoms with Gasteiger partial charge >= 0.3 is 0 Å². The second kappa shape index (κ2) is 6.34. The van der Waals surface area contributed by atoms with Crippen molar-refractivity contribution in [3.8, 4) is 11.3 Å². The zero-order valence-electron chi connectivity index (χ0n) is 15.8. The van der Waals surface area contributed by atoms with Crippen molar-refractivity contribution in [1.82, 2.24) is 19.7 Å². The predicted octanol–water partition coefficient (Wildman–Crippen LogP) is 4.02. The van der Waals surface area contributed by atoms with Gasteiger partial charge in [0.1, 0.15) is 17.6 Å². The number of fused-ring (bicyclic) bond motifs is 2. The van der Waals surface area contributed by atoms with Gasteiger partial charge in [0, 0.05) is 23.1 Å².